The topological polar surface area (TPSA) is 0 Å². The monoisotopic (exact) mass is 556 g/mol. The summed E-state index contributed by atoms with van der Waals surface area (Å²) < 4.78 is 0. The maximum Gasteiger partial charge on any atom is 0.0285 e. The summed E-state index contributed by atoms with van der Waals surface area (Å²) in [6, 6.07) is 37.2. The second-order valence-electron chi connectivity index (χ2n) is 11.1. The molecule has 0 spiro atoms. The van der Waals surface area contributed by atoms with Gasteiger partial charge in [0.05, 0.1) is 0 Å². The van der Waals surface area contributed by atoms with Crippen molar-refractivity contribution in [2.45, 2.75) is 63.6 Å². The number of benzene rings is 4. The molecule has 0 heterocycles. The molecule has 0 amide bonds. The zero-order chi connectivity index (χ0) is 25.8. The molecule has 36 heavy (non-hydrogen) atoms. The van der Waals surface area contributed by atoms with Gasteiger partial charge in [-0.15, -0.1) is 0 Å². The number of alkyl halides is 1. The Morgan fingerprint density at radius 3 is 1.33 bits per heavy atom. The summed E-state index contributed by atoms with van der Waals surface area (Å²) in [6.07, 6.45) is 2.58. The summed E-state index contributed by atoms with van der Waals surface area (Å²) in [5.74, 6) is 0. The van der Waals surface area contributed by atoms with Crippen molar-refractivity contribution in [2.75, 3.05) is 0 Å². The lowest BCUT2D eigenvalue weighted by atomic mass is 9.62. The minimum Gasteiger partial charge on any atom is -0.0876 e. The van der Waals surface area contributed by atoms with Gasteiger partial charge in [0.15, 0.2) is 0 Å². The van der Waals surface area contributed by atoms with E-state index in [1.165, 1.54) is 39.9 Å². The van der Waals surface area contributed by atoms with E-state index in [0.29, 0.717) is 10.8 Å². The molecule has 0 saturated heterocycles. The lowest BCUT2D eigenvalue weighted by Gasteiger charge is -2.42. The van der Waals surface area contributed by atoms with Crippen LogP contribution >= 0.6 is 23.9 Å². The van der Waals surface area contributed by atoms with Crippen molar-refractivity contribution in [3.05, 3.63) is 125 Å². The van der Waals surface area contributed by atoms with Crippen LogP contribution in [0.3, 0.4) is 0 Å². The largest absolute Gasteiger partial charge is 0.0876 e. The molecule has 2 heteroatoms. The van der Waals surface area contributed by atoms with Gasteiger partial charge in [-0.05, 0) is 76.7 Å². The molecular weight excluding hydrogens is 519 g/mol. The van der Waals surface area contributed by atoms with Gasteiger partial charge in [-0.3, -0.25) is 0 Å². The first kappa shape index (κ1) is 26.8. The van der Waals surface area contributed by atoms with Crippen LogP contribution in [-0.2, 0) is 16.2 Å². The van der Waals surface area contributed by atoms with Crippen LogP contribution in [0.15, 0.2) is 103 Å². The molecule has 0 aromatic heterocycles. The molecular formula is C34H38BrP. The molecule has 4 aromatic rings. The Hall–Kier alpha value is -2.21. The summed E-state index contributed by atoms with van der Waals surface area (Å²) in [6.45, 7) is 11.8. The molecule has 0 N–H and O–H groups in total. The van der Waals surface area contributed by atoms with Crippen LogP contribution in [0, 0.1) is 6.92 Å². The maximum absolute atomic E-state index is 3.60. The van der Waals surface area contributed by atoms with Crippen molar-refractivity contribution in [3.8, 4) is 0 Å². The highest BCUT2D eigenvalue weighted by Crippen LogP contribution is 2.46. The standard InChI is InChI=1S/C18H15P.C16H23Br/c1-4-10-16(11-5-1)19(17-12-6-2-7-13-17)18-14-8-3-9-15-18;1-11-8-13-14(9-12(11)10-17)16(4,5)7-6-15(13,2)3/h1-15H;8-9H,6-7,10H2,1-5H3. The molecule has 0 aliphatic heterocycles. The molecule has 186 valence electrons. The van der Waals surface area contributed by atoms with Crippen LogP contribution < -0.4 is 15.9 Å². The van der Waals surface area contributed by atoms with E-state index in [4.69, 9.17) is 0 Å². The van der Waals surface area contributed by atoms with Crippen LogP contribution in [0.4, 0.5) is 0 Å². The quantitative estimate of drug-likeness (QED) is 0.174. The van der Waals surface area contributed by atoms with Crippen molar-refractivity contribution in [2.24, 2.45) is 0 Å². The highest BCUT2D eigenvalue weighted by Gasteiger charge is 2.37. The Kier molecular flexibility index (Phi) is 8.54. The fourth-order valence-electron chi connectivity index (χ4n) is 5.09. The minimum absolute atomic E-state index is 0.329. The predicted octanol–water partition coefficient (Wildman–Crippen LogP) is 8.68. The number of hydrogen-bond donors (Lipinski definition) is 0. The van der Waals surface area contributed by atoms with E-state index in [1.54, 1.807) is 11.1 Å². The Bertz CT molecular complexity index is 1170. The zero-order valence-corrected chi connectivity index (χ0v) is 24.7. The third-order valence-electron chi connectivity index (χ3n) is 7.50. The van der Waals surface area contributed by atoms with Crippen molar-refractivity contribution in [3.63, 3.8) is 0 Å². The normalized spacial score (nSPS) is 15.5. The van der Waals surface area contributed by atoms with Crippen LogP contribution in [0.25, 0.3) is 0 Å². The van der Waals surface area contributed by atoms with Crippen molar-refractivity contribution in [1.29, 1.82) is 0 Å². The average Bonchev–Trinajstić information content (AvgIpc) is 2.89. The molecule has 4 aromatic carbocycles. The van der Waals surface area contributed by atoms with E-state index in [1.807, 2.05) is 0 Å². The van der Waals surface area contributed by atoms with E-state index in [2.05, 4.69) is 154 Å². The smallest absolute Gasteiger partial charge is 0.0285 e. The second kappa shape index (κ2) is 11.5. The third-order valence-corrected chi connectivity index (χ3v) is 10.5. The first-order valence-corrected chi connectivity index (χ1v) is 15.3. The first-order valence-electron chi connectivity index (χ1n) is 12.9. The van der Waals surface area contributed by atoms with Gasteiger partial charge in [0.1, 0.15) is 0 Å². The molecule has 0 bridgehead atoms. The molecule has 0 atom stereocenters. The summed E-state index contributed by atoms with van der Waals surface area (Å²) in [5, 5.41) is 5.16. The summed E-state index contributed by atoms with van der Waals surface area (Å²) in [5.41, 5.74) is 6.65. The van der Waals surface area contributed by atoms with E-state index in [-0.39, 0.29) is 0 Å². The summed E-state index contributed by atoms with van der Waals surface area (Å²) in [4.78, 5) is 0. The van der Waals surface area contributed by atoms with Gasteiger partial charge >= 0.3 is 0 Å². The van der Waals surface area contributed by atoms with Gasteiger partial charge in [0.2, 0.25) is 0 Å². The third kappa shape index (κ3) is 6.01. The Labute approximate surface area is 228 Å². The van der Waals surface area contributed by atoms with Crippen LogP contribution in [0.2, 0.25) is 0 Å². The fourth-order valence-corrected chi connectivity index (χ4v) is 8.00. The van der Waals surface area contributed by atoms with Crippen molar-refractivity contribution in [1.82, 2.24) is 0 Å². The van der Waals surface area contributed by atoms with Gasteiger partial charge in [-0.1, -0.05) is 147 Å². The number of aryl methyl sites for hydroxylation is 1. The molecule has 1 aliphatic carbocycles. The second-order valence-corrected chi connectivity index (χ2v) is 13.8. The molecule has 0 nitrogen and oxygen atoms in total. The molecule has 1 aliphatic rings. The first-order chi connectivity index (χ1) is 17.2. The Morgan fingerprint density at radius 2 is 0.972 bits per heavy atom. The van der Waals surface area contributed by atoms with Crippen molar-refractivity contribution < 1.29 is 0 Å². The SMILES string of the molecule is Cc1cc2c(cc1CBr)C(C)(C)CCC2(C)C.c1ccc(P(c2ccccc2)c2ccccc2)cc1. The average molecular weight is 558 g/mol. The highest BCUT2D eigenvalue weighted by atomic mass is 79.9. The molecule has 0 radical (unpaired) electrons. The number of hydrogen-bond acceptors (Lipinski definition) is 0. The predicted molar refractivity (Wildman–Crippen MR) is 164 cm³/mol. The van der Waals surface area contributed by atoms with Gasteiger partial charge in [-0.2, -0.15) is 0 Å². The zero-order valence-electron chi connectivity index (χ0n) is 22.3. The van der Waals surface area contributed by atoms with Gasteiger partial charge < -0.3 is 0 Å². The van der Waals surface area contributed by atoms with Gasteiger partial charge in [0, 0.05) is 5.33 Å². The van der Waals surface area contributed by atoms with Gasteiger partial charge in [-0.25, -0.2) is 0 Å². The van der Waals surface area contributed by atoms with E-state index in [0.717, 1.165) is 5.33 Å². The summed E-state index contributed by atoms with van der Waals surface area (Å²) >= 11 is 3.60. The van der Waals surface area contributed by atoms with Gasteiger partial charge in [0.25, 0.3) is 0 Å². The lowest BCUT2D eigenvalue weighted by molar-refractivity contribution is 0.331. The van der Waals surface area contributed by atoms with Crippen LogP contribution in [0.5, 0.6) is 0 Å². The highest BCUT2D eigenvalue weighted by molar-refractivity contribution is 9.08. The van der Waals surface area contributed by atoms with E-state index < -0.39 is 7.92 Å². The molecule has 0 unspecified atom stereocenters. The lowest BCUT2D eigenvalue weighted by Crippen LogP contribution is -2.34. The maximum atomic E-state index is 3.60. The Balaban J connectivity index is 0.000000170. The summed E-state index contributed by atoms with van der Waals surface area (Å²) in [7, 11) is -0.446. The molecule has 0 fully saturated rings. The van der Waals surface area contributed by atoms with E-state index >= 15 is 0 Å². The van der Waals surface area contributed by atoms with Crippen LogP contribution in [0.1, 0.15) is 62.8 Å². The number of rotatable bonds is 4. The van der Waals surface area contributed by atoms with Crippen LogP contribution in [-0.4, -0.2) is 0 Å². The number of fused-ring (bicyclic) bond motifs is 1. The number of halogens is 1. The fraction of sp³-hybridized carbons (Fsp3) is 0.294. The van der Waals surface area contributed by atoms with E-state index in [9.17, 15) is 0 Å². The molecule has 5 rings (SSSR count). The molecule has 0 saturated carbocycles. The van der Waals surface area contributed by atoms with Crippen molar-refractivity contribution >= 4 is 39.8 Å². The Morgan fingerprint density at radius 1 is 0.611 bits per heavy atom. The minimum atomic E-state index is -0.446.